The Bertz CT molecular complexity index is 866. The lowest BCUT2D eigenvalue weighted by Crippen LogP contribution is -2.26. The predicted octanol–water partition coefficient (Wildman–Crippen LogP) is 3.20. The molecule has 1 atom stereocenters. The third-order valence-corrected chi connectivity index (χ3v) is 4.30. The van der Waals surface area contributed by atoms with E-state index in [9.17, 15) is 4.79 Å². The monoisotopic (exact) mass is 321 g/mol. The summed E-state index contributed by atoms with van der Waals surface area (Å²) in [7, 11) is 0. The van der Waals surface area contributed by atoms with E-state index < -0.39 is 0 Å². The fraction of sp³-hybridized carbons (Fsp3) is 0.263. The maximum Gasteiger partial charge on any atom is 0.253 e. The fourth-order valence-corrected chi connectivity index (χ4v) is 3.09. The highest BCUT2D eigenvalue weighted by Crippen LogP contribution is 2.18. The lowest BCUT2D eigenvalue weighted by atomic mass is 10.1. The van der Waals surface area contributed by atoms with Crippen LogP contribution < -0.4 is 5.32 Å². The quantitative estimate of drug-likeness (QED) is 0.803. The van der Waals surface area contributed by atoms with Crippen LogP contribution in [0.15, 0.2) is 54.9 Å². The number of nitrogens with zero attached hydrogens (tertiary/aromatic N) is 2. The Morgan fingerprint density at radius 3 is 3.04 bits per heavy atom. The number of rotatable bonds is 4. The number of ether oxygens (including phenoxy) is 1. The van der Waals surface area contributed by atoms with E-state index in [1.165, 1.54) is 0 Å². The Kier molecular flexibility index (Phi) is 4.01. The second-order valence-corrected chi connectivity index (χ2v) is 6.05. The van der Waals surface area contributed by atoms with Crippen LogP contribution in [-0.4, -0.2) is 28.2 Å². The SMILES string of the molecule is O=C(Nc1cccc(Cn2cnc3ccccc32)c1)[C@H]1CCCO1. The second kappa shape index (κ2) is 6.45. The van der Waals surface area contributed by atoms with Crippen LogP contribution in [-0.2, 0) is 16.1 Å². The lowest BCUT2D eigenvalue weighted by molar-refractivity contribution is -0.124. The van der Waals surface area contributed by atoms with E-state index in [2.05, 4.69) is 27.0 Å². The first-order valence-corrected chi connectivity index (χ1v) is 8.21. The molecule has 0 saturated carbocycles. The molecule has 1 N–H and O–H groups in total. The van der Waals surface area contributed by atoms with Crippen molar-refractivity contribution in [1.82, 2.24) is 9.55 Å². The topological polar surface area (TPSA) is 56.2 Å². The van der Waals surface area contributed by atoms with Gasteiger partial charge in [0.05, 0.1) is 17.4 Å². The first-order chi connectivity index (χ1) is 11.8. The average molecular weight is 321 g/mol. The molecular formula is C19H19N3O2. The van der Waals surface area contributed by atoms with Gasteiger partial charge in [-0.05, 0) is 42.7 Å². The highest BCUT2D eigenvalue weighted by Gasteiger charge is 2.23. The molecule has 24 heavy (non-hydrogen) atoms. The molecule has 122 valence electrons. The number of benzene rings is 2. The summed E-state index contributed by atoms with van der Waals surface area (Å²) < 4.78 is 7.53. The molecular weight excluding hydrogens is 302 g/mol. The molecule has 1 amide bonds. The van der Waals surface area contributed by atoms with Gasteiger partial charge in [-0.1, -0.05) is 24.3 Å². The Labute approximate surface area is 140 Å². The summed E-state index contributed by atoms with van der Waals surface area (Å²) in [4.78, 5) is 16.6. The zero-order chi connectivity index (χ0) is 16.4. The van der Waals surface area contributed by atoms with Crippen LogP contribution in [0.3, 0.4) is 0 Å². The van der Waals surface area contributed by atoms with Gasteiger partial charge in [0.25, 0.3) is 5.91 Å². The van der Waals surface area contributed by atoms with Gasteiger partial charge < -0.3 is 14.6 Å². The number of carbonyl (C=O) groups excluding carboxylic acids is 1. The molecule has 1 fully saturated rings. The van der Waals surface area contributed by atoms with Crippen molar-refractivity contribution in [1.29, 1.82) is 0 Å². The van der Waals surface area contributed by atoms with E-state index in [4.69, 9.17) is 4.74 Å². The van der Waals surface area contributed by atoms with Crippen LogP contribution in [0.5, 0.6) is 0 Å². The van der Waals surface area contributed by atoms with Crippen molar-refractivity contribution in [3.8, 4) is 0 Å². The number of hydrogen-bond donors (Lipinski definition) is 1. The zero-order valence-corrected chi connectivity index (χ0v) is 13.3. The smallest absolute Gasteiger partial charge is 0.253 e. The molecule has 0 aliphatic carbocycles. The summed E-state index contributed by atoms with van der Waals surface area (Å²) in [5.74, 6) is -0.0577. The van der Waals surface area contributed by atoms with Crippen molar-refractivity contribution in [3.63, 3.8) is 0 Å². The molecule has 3 aromatic rings. The minimum Gasteiger partial charge on any atom is -0.368 e. The van der Waals surface area contributed by atoms with Crippen LogP contribution >= 0.6 is 0 Å². The molecule has 1 saturated heterocycles. The molecule has 1 aliphatic rings. The minimum absolute atomic E-state index is 0.0577. The largest absolute Gasteiger partial charge is 0.368 e. The number of nitrogens with one attached hydrogen (secondary N) is 1. The molecule has 4 rings (SSSR count). The van der Waals surface area contributed by atoms with Crippen molar-refractivity contribution < 1.29 is 9.53 Å². The summed E-state index contributed by atoms with van der Waals surface area (Å²) in [6, 6.07) is 16.0. The summed E-state index contributed by atoms with van der Waals surface area (Å²) in [6.45, 7) is 1.38. The molecule has 1 aliphatic heterocycles. The minimum atomic E-state index is -0.314. The number of imidazole rings is 1. The van der Waals surface area contributed by atoms with Gasteiger partial charge in [0, 0.05) is 18.8 Å². The van der Waals surface area contributed by atoms with Crippen LogP contribution in [0, 0.1) is 0 Å². The number of para-hydroxylation sites is 2. The maximum absolute atomic E-state index is 12.2. The molecule has 5 nitrogen and oxygen atoms in total. The highest BCUT2D eigenvalue weighted by atomic mass is 16.5. The van der Waals surface area contributed by atoms with E-state index >= 15 is 0 Å². The van der Waals surface area contributed by atoms with Crippen LogP contribution in [0.2, 0.25) is 0 Å². The number of anilines is 1. The van der Waals surface area contributed by atoms with E-state index in [1.54, 1.807) is 0 Å². The maximum atomic E-state index is 12.2. The van der Waals surface area contributed by atoms with Crippen LogP contribution in [0.1, 0.15) is 18.4 Å². The fourth-order valence-electron chi connectivity index (χ4n) is 3.09. The van der Waals surface area contributed by atoms with Gasteiger partial charge >= 0.3 is 0 Å². The predicted molar refractivity (Wildman–Crippen MR) is 92.9 cm³/mol. The zero-order valence-electron chi connectivity index (χ0n) is 13.3. The van der Waals surface area contributed by atoms with E-state index in [0.717, 1.165) is 35.1 Å². The molecule has 0 unspecified atom stereocenters. The molecule has 5 heteroatoms. The lowest BCUT2D eigenvalue weighted by Gasteiger charge is -2.12. The molecule has 1 aromatic heterocycles. The third-order valence-electron chi connectivity index (χ3n) is 4.30. The number of hydrogen-bond acceptors (Lipinski definition) is 3. The van der Waals surface area contributed by atoms with Crippen molar-refractivity contribution in [2.75, 3.05) is 11.9 Å². The second-order valence-electron chi connectivity index (χ2n) is 6.05. The molecule has 2 heterocycles. The summed E-state index contributed by atoms with van der Waals surface area (Å²) in [5, 5.41) is 2.95. The number of aromatic nitrogens is 2. The van der Waals surface area contributed by atoms with Gasteiger partial charge in [-0.15, -0.1) is 0 Å². The van der Waals surface area contributed by atoms with Gasteiger partial charge in [0.2, 0.25) is 0 Å². The highest BCUT2D eigenvalue weighted by molar-refractivity contribution is 5.94. The Morgan fingerprint density at radius 1 is 1.25 bits per heavy atom. The molecule has 0 bridgehead atoms. The van der Waals surface area contributed by atoms with Gasteiger partial charge in [0.1, 0.15) is 6.10 Å². The average Bonchev–Trinajstić information content (AvgIpc) is 3.26. The molecule has 0 spiro atoms. The summed E-state index contributed by atoms with van der Waals surface area (Å²) in [6.07, 6.45) is 3.28. The van der Waals surface area contributed by atoms with E-state index in [-0.39, 0.29) is 12.0 Å². The Morgan fingerprint density at radius 2 is 2.17 bits per heavy atom. The van der Waals surface area contributed by atoms with Gasteiger partial charge in [0.15, 0.2) is 0 Å². The Balaban J connectivity index is 1.51. The van der Waals surface area contributed by atoms with Crippen LogP contribution in [0.4, 0.5) is 5.69 Å². The van der Waals surface area contributed by atoms with E-state index in [1.807, 2.05) is 42.7 Å². The normalized spacial score (nSPS) is 17.2. The first-order valence-electron chi connectivity index (χ1n) is 8.21. The standard InChI is InChI=1S/C19H19N3O2/c23-19(18-9-4-10-24-18)21-15-6-3-5-14(11-15)12-22-13-20-16-7-1-2-8-17(16)22/h1-3,5-8,11,13,18H,4,9-10,12H2,(H,21,23)/t18-/m1/s1. The van der Waals surface area contributed by atoms with Crippen molar-refractivity contribution in [3.05, 3.63) is 60.4 Å². The van der Waals surface area contributed by atoms with Gasteiger partial charge in [-0.25, -0.2) is 4.98 Å². The van der Waals surface area contributed by atoms with Crippen molar-refractivity contribution >= 4 is 22.6 Å². The van der Waals surface area contributed by atoms with Gasteiger partial charge in [-0.3, -0.25) is 4.79 Å². The number of carbonyl (C=O) groups is 1. The van der Waals surface area contributed by atoms with Crippen molar-refractivity contribution in [2.45, 2.75) is 25.5 Å². The number of fused-ring (bicyclic) bond motifs is 1. The third kappa shape index (κ3) is 3.03. The first kappa shape index (κ1) is 14.9. The van der Waals surface area contributed by atoms with Crippen LogP contribution in [0.25, 0.3) is 11.0 Å². The summed E-state index contributed by atoms with van der Waals surface area (Å²) >= 11 is 0. The van der Waals surface area contributed by atoms with Crippen molar-refractivity contribution in [2.24, 2.45) is 0 Å². The Hall–Kier alpha value is -2.66. The molecule has 0 radical (unpaired) electrons. The van der Waals surface area contributed by atoms with E-state index in [0.29, 0.717) is 13.2 Å². The van der Waals surface area contributed by atoms with Gasteiger partial charge in [-0.2, -0.15) is 0 Å². The number of amides is 1. The summed E-state index contributed by atoms with van der Waals surface area (Å²) in [5.41, 5.74) is 4.01. The molecule has 2 aromatic carbocycles.